The first-order valence-corrected chi connectivity index (χ1v) is 13.6. The van der Waals surface area contributed by atoms with Crippen LogP contribution in [0.3, 0.4) is 0 Å². The molecular formula is C37H29IrN3O-2. The number of furan rings is 1. The molecule has 7 aromatic rings. The minimum absolute atomic E-state index is 0. The molecule has 0 unspecified atom stereocenters. The van der Waals surface area contributed by atoms with Gasteiger partial charge in [-0.05, 0) is 73.5 Å². The summed E-state index contributed by atoms with van der Waals surface area (Å²) in [5.74, 6) is 0. The average molecular weight is 724 g/mol. The van der Waals surface area contributed by atoms with Gasteiger partial charge in [0.05, 0.1) is 5.58 Å². The molecule has 4 nitrogen and oxygen atoms in total. The fourth-order valence-corrected chi connectivity index (χ4v) is 4.75. The van der Waals surface area contributed by atoms with Crippen molar-refractivity contribution in [2.75, 3.05) is 0 Å². The molecule has 0 aliphatic heterocycles. The van der Waals surface area contributed by atoms with Gasteiger partial charge in [0.2, 0.25) is 5.71 Å². The fraction of sp³-hybridized carbons (Fsp3) is 0.108. The molecule has 0 saturated heterocycles. The molecule has 0 atom stereocenters. The van der Waals surface area contributed by atoms with Gasteiger partial charge in [-0.25, -0.2) is 4.98 Å². The standard InChI is InChI=1S/C25H19N2O.C12H10N.Ir/c1-16-6-9-18(10-7-16)14-19-12-13-26-23(15-19)22-5-3-4-20-21-11-8-17(2)27-25(21)28-24(20)22;1-10-7-8-12(13-9-10)11-5-3-2-4-6-11;/h3-4,6-13,15H,14H2,1-2H3;2-5,7-9H,1H3;/q2*-1;. The third kappa shape index (κ3) is 6.54. The van der Waals surface area contributed by atoms with Gasteiger partial charge in [0.15, 0.2) is 0 Å². The topological polar surface area (TPSA) is 51.8 Å². The Hall–Kier alpha value is -4.44. The summed E-state index contributed by atoms with van der Waals surface area (Å²) in [6.07, 6.45) is 4.60. The maximum absolute atomic E-state index is 6.11. The molecule has 1 radical (unpaired) electrons. The monoisotopic (exact) mass is 724 g/mol. The minimum atomic E-state index is 0. The normalized spacial score (nSPS) is 10.6. The quantitative estimate of drug-likeness (QED) is 0.170. The maximum Gasteiger partial charge on any atom is 0.216 e. The van der Waals surface area contributed by atoms with E-state index in [-0.39, 0.29) is 20.1 Å². The van der Waals surface area contributed by atoms with Gasteiger partial charge in [-0.1, -0.05) is 59.0 Å². The molecule has 0 N–H and O–H groups in total. The number of hydrogen-bond acceptors (Lipinski definition) is 4. The van der Waals surface area contributed by atoms with Gasteiger partial charge in [0.25, 0.3) is 0 Å². The van der Waals surface area contributed by atoms with Crippen LogP contribution in [0.4, 0.5) is 0 Å². The van der Waals surface area contributed by atoms with Crippen LogP contribution in [-0.4, -0.2) is 15.0 Å². The van der Waals surface area contributed by atoms with Crippen molar-refractivity contribution in [3.8, 4) is 22.5 Å². The van der Waals surface area contributed by atoms with E-state index in [2.05, 4.69) is 82.5 Å². The third-order valence-electron chi connectivity index (χ3n) is 6.94. The number of aryl methyl sites for hydroxylation is 3. The molecule has 209 valence electrons. The average Bonchev–Trinajstić information content (AvgIpc) is 3.37. The number of fused-ring (bicyclic) bond motifs is 3. The van der Waals surface area contributed by atoms with Gasteiger partial charge in [0, 0.05) is 43.6 Å². The fourth-order valence-electron chi connectivity index (χ4n) is 4.75. The Balaban J connectivity index is 0.000000212. The van der Waals surface area contributed by atoms with Crippen molar-refractivity contribution in [1.82, 2.24) is 15.0 Å². The molecule has 4 heterocycles. The van der Waals surface area contributed by atoms with Gasteiger partial charge in [-0.2, -0.15) is 0 Å². The Morgan fingerprint density at radius 2 is 1.52 bits per heavy atom. The van der Waals surface area contributed by atoms with Crippen molar-refractivity contribution >= 4 is 22.1 Å². The molecule has 7 rings (SSSR count). The molecule has 0 aliphatic carbocycles. The van der Waals surface area contributed by atoms with E-state index in [4.69, 9.17) is 4.42 Å². The van der Waals surface area contributed by atoms with Crippen LogP contribution >= 0.6 is 0 Å². The molecule has 3 aromatic carbocycles. The molecule has 0 saturated carbocycles. The van der Waals surface area contributed by atoms with Crippen molar-refractivity contribution in [3.05, 3.63) is 150 Å². The van der Waals surface area contributed by atoms with Crippen molar-refractivity contribution in [2.24, 2.45) is 0 Å². The summed E-state index contributed by atoms with van der Waals surface area (Å²) in [5, 5.41) is 2.06. The molecule has 0 aliphatic rings. The Bertz CT molecular complexity index is 1930. The second kappa shape index (κ2) is 13.0. The van der Waals surface area contributed by atoms with Crippen molar-refractivity contribution < 1.29 is 24.5 Å². The van der Waals surface area contributed by atoms with Crippen LogP contribution in [0, 0.1) is 32.9 Å². The summed E-state index contributed by atoms with van der Waals surface area (Å²) < 4.78 is 6.11. The number of aromatic nitrogens is 3. The second-order valence-corrected chi connectivity index (χ2v) is 10.2. The molecule has 0 bridgehead atoms. The second-order valence-electron chi connectivity index (χ2n) is 10.2. The number of benzene rings is 3. The predicted molar refractivity (Wildman–Crippen MR) is 166 cm³/mol. The smallest absolute Gasteiger partial charge is 0.216 e. The van der Waals surface area contributed by atoms with Crippen LogP contribution in [0.2, 0.25) is 0 Å². The zero-order chi connectivity index (χ0) is 28.2. The summed E-state index contributed by atoms with van der Waals surface area (Å²) in [7, 11) is 0. The van der Waals surface area contributed by atoms with Crippen molar-refractivity contribution in [1.29, 1.82) is 0 Å². The van der Waals surface area contributed by atoms with E-state index in [9.17, 15) is 0 Å². The first-order chi connectivity index (χ1) is 20.0. The Kier molecular flexibility index (Phi) is 9.02. The maximum atomic E-state index is 6.11. The van der Waals surface area contributed by atoms with Crippen LogP contribution in [-0.2, 0) is 26.5 Å². The molecule has 0 fully saturated rings. The minimum Gasteiger partial charge on any atom is -0.486 e. The van der Waals surface area contributed by atoms with E-state index in [0.717, 1.165) is 51.0 Å². The first-order valence-electron chi connectivity index (χ1n) is 13.6. The van der Waals surface area contributed by atoms with E-state index in [1.165, 1.54) is 22.3 Å². The molecular weight excluding hydrogens is 695 g/mol. The van der Waals surface area contributed by atoms with Crippen LogP contribution in [0.5, 0.6) is 0 Å². The molecule has 0 spiro atoms. The third-order valence-corrected chi connectivity index (χ3v) is 6.94. The zero-order valence-electron chi connectivity index (χ0n) is 23.7. The zero-order valence-corrected chi connectivity index (χ0v) is 26.1. The largest absolute Gasteiger partial charge is 0.486 e. The Morgan fingerprint density at radius 1 is 0.690 bits per heavy atom. The molecule has 0 amide bonds. The van der Waals surface area contributed by atoms with Gasteiger partial charge >= 0.3 is 0 Å². The van der Waals surface area contributed by atoms with E-state index < -0.39 is 0 Å². The van der Waals surface area contributed by atoms with Gasteiger partial charge < -0.3 is 14.4 Å². The Labute approximate surface area is 259 Å². The molecule has 42 heavy (non-hydrogen) atoms. The van der Waals surface area contributed by atoms with E-state index in [1.54, 1.807) is 0 Å². The van der Waals surface area contributed by atoms with Crippen LogP contribution in [0.25, 0.3) is 44.6 Å². The van der Waals surface area contributed by atoms with E-state index in [0.29, 0.717) is 5.71 Å². The SMILES string of the molecule is Cc1ccc(-c2[c-]cccc2)nc1.Cc1ccc(Cc2ccnc(-c3[c-]ccc4c3oc3nc(C)ccc34)c2)cc1.[Ir]. The predicted octanol–water partition coefficient (Wildman–Crippen LogP) is 8.91. The van der Waals surface area contributed by atoms with Gasteiger partial charge in [0.1, 0.15) is 0 Å². The van der Waals surface area contributed by atoms with Gasteiger partial charge in [-0.3, -0.25) is 0 Å². The van der Waals surface area contributed by atoms with Gasteiger partial charge in [-0.15, -0.1) is 54.1 Å². The summed E-state index contributed by atoms with van der Waals surface area (Å²) in [6.45, 7) is 6.11. The van der Waals surface area contributed by atoms with Crippen LogP contribution in [0.1, 0.15) is 27.9 Å². The van der Waals surface area contributed by atoms with Crippen molar-refractivity contribution in [2.45, 2.75) is 27.2 Å². The number of rotatable bonds is 4. The van der Waals surface area contributed by atoms with Crippen LogP contribution in [0.15, 0.2) is 114 Å². The van der Waals surface area contributed by atoms with E-state index >= 15 is 0 Å². The van der Waals surface area contributed by atoms with E-state index in [1.807, 2.05) is 74.8 Å². The number of pyridine rings is 3. The summed E-state index contributed by atoms with van der Waals surface area (Å²) in [4.78, 5) is 13.4. The summed E-state index contributed by atoms with van der Waals surface area (Å²) in [5.41, 5.74) is 11.1. The van der Waals surface area contributed by atoms with Crippen molar-refractivity contribution in [3.63, 3.8) is 0 Å². The first kappa shape index (κ1) is 29.1. The van der Waals surface area contributed by atoms with Crippen LogP contribution < -0.4 is 0 Å². The summed E-state index contributed by atoms with van der Waals surface area (Å²) in [6, 6.07) is 39.3. The Morgan fingerprint density at radius 3 is 2.29 bits per heavy atom. The number of nitrogens with zero attached hydrogens (tertiary/aromatic N) is 3. The molecule has 4 aromatic heterocycles. The molecule has 5 heteroatoms. The summed E-state index contributed by atoms with van der Waals surface area (Å²) >= 11 is 0. The number of hydrogen-bond donors (Lipinski definition) is 0.